The number of carbonyl (C=O) groups excluding carboxylic acids is 2. The SMILES string of the molecule is CCn1c(CC(=O)Nc2ccccc2Cl)nnc1SCC(=O)c1ccc(OC)cc1. The lowest BCUT2D eigenvalue weighted by molar-refractivity contribution is -0.115. The van der Waals surface area contributed by atoms with Crippen LogP contribution >= 0.6 is 23.4 Å². The van der Waals surface area contributed by atoms with Gasteiger partial charge in [-0.2, -0.15) is 0 Å². The predicted molar refractivity (Wildman–Crippen MR) is 118 cm³/mol. The van der Waals surface area contributed by atoms with Crippen LogP contribution in [0.2, 0.25) is 5.02 Å². The van der Waals surface area contributed by atoms with Crippen molar-refractivity contribution in [3.63, 3.8) is 0 Å². The van der Waals surface area contributed by atoms with Crippen molar-refractivity contribution in [2.45, 2.75) is 25.0 Å². The Bertz CT molecular complexity index is 1040. The number of hydrogen-bond acceptors (Lipinski definition) is 6. The van der Waals surface area contributed by atoms with Crippen LogP contribution in [0.1, 0.15) is 23.1 Å². The van der Waals surface area contributed by atoms with Gasteiger partial charge in [0.2, 0.25) is 5.91 Å². The Labute approximate surface area is 183 Å². The van der Waals surface area contributed by atoms with Crippen LogP contribution in [0.4, 0.5) is 5.69 Å². The van der Waals surface area contributed by atoms with Crippen LogP contribution < -0.4 is 10.1 Å². The molecule has 3 aromatic rings. The lowest BCUT2D eigenvalue weighted by Crippen LogP contribution is -2.18. The third kappa shape index (κ3) is 5.40. The Hall–Kier alpha value is -2.84. The van der Waals surface area contributed by atoms with Crippen LogP contribution in [0.15, 0.2) is 53.7 Å². The van der Waals surface area contributed by atoms with E-state index in [1.807, 2.05) is 11.5 Å². The number of methoxy groups -OCH3 is 1. The number of aromatic nitrogens is 3. The van der Waals surface area contributed by atoms with Crippen LogP contribution in [0, 0.1) is 0 Å². The fourth-order valence-corrected chi connectivity index (χ4v) is 3.86. The molecule has 30 heavy (non-hydrogen) atoms. The second-order valence-electron chi connectivity index (χ2n) is 6.29. The molecule has 0 saturated heterocycles. The molecule has 156 valence electrons. The van der Waals surface area contributed by atoms with Crippen LogP contribution in [0.25, 0.3) is 0 Å². The van der Waals surface area contributed by atoms with Gasteiger partial charge in [0.1, 0.15) is 11.6 Å². The van der Waals surface area contributed by atoms with Crippen molar-refractivity contribution in [1.82, 2.24) is 14.8 Å². The van der Waals surface area contributed by atoms with E-state index in [1.165, 1.54) is 11.8 Å². The number of nitrogens with zero attached hydrogens (tertiary/aromatic N) is 3. The standard InChI is InChI=1S/C21H21ClN4O3S/c1-3-26-19(12-20(28)23-17-7-5-4-6-16(17)22)24-25-21(26)30-13-18(27)14-8-10-15(29-2)11-9-14/h4-11H,3,12-13H2,1-2H3,(H,23,28). The number of halogens is 1. The second-order valence-corrected chi connectivity index (χ2v) is 7.64. The molecule has 0 radical (unpaired) electrons. The van der Waals surface area contributed by atoms with E-state index in [0.29, 0.717) is 39.5 Å². The van der Waals surface area contributed by atoms with Gasteiger partial charge in [-0.15, -0.1) is 10.2 Å². The number of rotatable bonds is 9. The molecule has 1 heterocycles. The first-order chi connectivity index (χ1) is 14.5. The molecule has 9 heteroatoms. The minimum absolute atomic E-state index is 0.0219. The maximum absolute atomic E-state index is 12.4. The second kappa shape index (κ2) is 10.3. The number of nitrogens with one attached hydrogen (secondary N) is 1. The lowest BCUT2D eigenvalue weighted by Gasteiger charge is -2.09. The summed E-state index contributed by atoms with van der Waals surface area (Å²) in [5, 5.41) is 12.1. The quantitative estimate of drug-likeness (QED) is 0.394. The zero-order chi connectivity index (χ0) is 21.5. The summed E-state index contributed by atoms with van der Waals surface area (Å²) in [5.74, 6) is 1.18. The molecule has 0 aliphatic rings. The summed E-state index contributed by atoms with van der Waals surface area (Å²) in [6.45, 7) is 2.52. The molecule has 0 saturated carbocycles. The molecular formula is C21H21ClN4O3S. The third-order valence-electron chi connectivity index (χ3n) is 4.32. The van der Waals surface area contributed by atoms with Crippen molar-refractivity contribution in [3.05, 3.63) is 64.9 Å². The Balaban J connectivity index is 1.62. The average molecular weight is 445 g/mol. The Morgan fingerprint density at radius 3 is 2.53 bits per heavy atom. The summed E-state index contributed by atoms with van der Waals surface area (Å²) in [4.78, 5) is 24.8. The molecule has 1 amide bonds. The molecule has 0 spiro atoms. The molecule has 0 unspecified atom stereocenters. The van der Waals surface area contributed by atoms with E-state index in [-0.39, 0.29) is 23.9 Å². The summed E-state index contributed by atoms with van der Waals surface area (Å²) in [6, 6.07) is 14.0. The normalized spacial score (nSPS) is 10.6. The van der Waals surface area contributed by atoms with Crippen molar-refractivity contribution < 1.29 is 14.3 Å². The van der Waals surface area contributed by atoms with Gasteiger partial charge >= 0.3 is 0 Å². The van der Waals surface area contributed by atoms with Gasteiger partial charge < -0.3 is 14.6 Å². The van der Waals surface area contributed by atoms with E-state index in [2.05, 4.69) is 15.5 Å². The van der Waals surface area contributed by atoms with E-state index in [4.69, 9.17) is 16.3 Å². The Kier molecular flexibility index (Phi) is 7.48. The summed E-state index contributed by atoms with van der Waals surface area (Å²) in [7, 11) is 1.58. The zero-order valence-corrected chi connectivity index (χ0v) is 18.2. The van der Waals surface area contributed by atoms with Crippen molar-refractivity contribution in [3.8, 4) is 5.75 Å². The topological polar surface area (TPSA) is 86.1 Å². The van der Waals surface area contributed by atoms with Crippen LogP contribution in [-0.4, -0.2) is 39.3 Å². The fraction of sp³-hybridized carbons (Fsp3) is 0.238. The molecule has 1 N–H and O–H groups in total. The molecule has 2 aromatic carbocycles. The van der Waals surface area contributed by atoms with Crippen molar-refractivity contribution >= 4 is 40.7 Å². The minimum Gasteiger partial charge on any atom is -0.497 e. The van der Waals surface area contributed by atoms with Crippen molar-refractivity contribution in [1.29, 1.82) is 0 Å². The number of ketones is 1. The first-order valence-electron chi connectivity index (χ1n) is 9.28. The monoisotopic (exact) mass is 444 g/mol. The summed E-state index contributed by atoms with van der Waals surface area (Å²) in [5.41, 5.74) is 1.15. The van der Waals surface area contributed by atoms with Crippen molar-refractivity contribution in [2.24, 2.45) is 0 Å². The number of anilines is 1. The number of thioether (sulfide) groups is 1. The lowest BCUT2D eigenvalue weighted by atomic mass is 10.1. The smallest absolute Gasteiger partial charge is 0.232 e. The van der Waals surface area contributed by atoms with Crippen LogP contribution in [-0.2, 0) is 17.8 Å². The van der Waals surface area contributed by atoms with Gasteiger partial charge in [-0.05, 0) is 43.3 Å². The highest BCUT2D eigenvalue weighted by Gasteiger charge is 2.17. The molecule has 3 rings (SSSR count). The highest BCUT2D eigenvalue weighted by Crippen LogP contribution is 2.22. The number of carbonyl (C=O) groups is 2. The van der Waals surface area contributed by atoms with Crippen LogP contribution in [0.5, 0.6) is 5.75 Å². The molecule has 0 bridgehead atoms. The molecule has 7 nitrogen and oxygen atoms in total. The Morgan fingerprint density at radius 2 is 1.87 bits per heavy atom. The molecule has 0 aliphatic carbocycles. The van der Waals surface area contributed by atoms with Gasteiger partial charge in [0, 0.05) is 12.1 Å². The summed E-state index contributed by atoms with van der Waals surface area (Å²) < 4.78 is 6.94. The largest absolute Gasteiger partial charge is 0.497 e. The molecule has 1 aromatic heterocycles. The Morgan fingerprint density at radius 1 is 1.13 bits per heavy atom. The predicted octanol–water partition coefficient (Wildman–Crippen LogP) is 4.12. The molecule has 0 aliphatic heterocycles. The van der Waals surface area contributed by atoms with E-state index in [0.717, 1.165) is 0 Å². The number of hydrogen-bond donors (Lipinski definition) is 1. The average Bonchev–Trinajstić information content (AvgIpc) is 3.14. The van der Waals surface area contributed by atoms with E-state index < -0.39 is 0 Å². The van der Waals surface area contributed by atoms with Crippen LogP contribution in [0.3, 0.4) is 0 Å². The number of para-hydroxylation sites is 1. The maximum atomic E-state index is 12.4. The van der Waals surface area contributed by atoms with Crippen molar-refractivity contribution in [2.75, 3.05) is 18.2 Å². The zero-order valence-electron chi connectivity index (χ0n) is 16.6. The summed E-state index contributed by atoms with van der Waals surface area (Å²) in [6.07, 6.45) is 0.0546. The number of Topliss-reactive ketones (excluding diaryl/α,β-unsaturated/α-hetero) is 1. The number of amides is 1. The van der Waals surface area contributed by atoms with Gasteiger partial charge in [0.15, 0.2) is 10.9 Å². The van der Waals surface area contributed by atoms with E-state index >= 15 is 0 Å². The minimum atomic E-state index is -0.240. The summed E-state index contributed by atoms with van der Waals surface area (Å²) >= 11 is 7.38. The van der Waals surface area contributed by atoms with Gasteiger partial charge in [-0.1, -0.05) is 35.5 Å². The van der Waals surface area contributed by atoms with Gasteiger partial charge in [-0.3, -0.25) is 9.59 Å². The fourth-order valence-electron chi connectivity index (χ4n) is 2.77. The molecular weight excluding hydrogens is 424 g/mol. The first-order valence-corrected chi connectivity index (χ1v) is 10.6. The van der Waals surface area contributed by atoms with E-state index in [1.54, 1.807) is 55.6 Å². The molecule has 0 atom stereocenters. The first kappa shape index (κ1) is 21.9. The van der Waals surface area contributed by atoms with Gasteiger partial charge in [0.05, 0.1) is 30.0 Å². The highest BCUT2D eigenvalue weighted by atomic mass is 35.5. The third-order valence-corrected chi connectivity index (χ3v) is 5.62. The number of ether oxygens (including phenoxy) is 1. The molecule has 0 fully saturated rings. The van der Waals surface area contributed by atoms with Gasteiger partial charge in [-0.25, -0.2) is 0 Å². The highest BCUT2D eigenvalue weighted by molar-refractivity contribution is 7.99. The van der Waals surface area contributed by atoms with Gasteiger partial charge in [0.25, 0.3) is 0 Å². The number of benzene rings is 2. The van der Waals surface area contributed by atoms with E-state index in [9.17, 15) is 9.59 Å². The maximum Gasteiger partial charge on any atom is 0.232 e.